The van der Waals surface area contributed by atoms with Gasteiger partial charge in [0.15, 0.2) is 5.43 Å². The van der Waals surface area contributed by atoms with Crippen molar-refractivity contribution in [2.75, 3.05) is 5.32 Å². The van der Waals surface area contributed by atoms with Crippen LogP contribution in [0.25, 0.3) is 0 Å². The second-order valence-corrected chi connectivity index (χ2v) is 4.85. The molecular weight excluding hydrogens is 293 g/mol. The smallest absolute Gasteiger partial charge is 0.261 e. The molecule has 0 spiro atoms. The molecule has 0 bridgehead atoms. The molecule has 1 aromatic carbocycles. The summed E-state index contributed by atoms with van der Waals surface area (Å²) >= 11 is 4.74. The Morgan fingerprint density at radius 1 is 1.38 bits per heavy atom. The lowest BCUT2D eigenvalue weighted by Gasteiger charge is -2.07. The summed E-state index contributed by atoms with van der Waals surface area (Å²) in [5.74, 6) is -1.38. The van der Waals surface area contributed by atoms with Crippen LogP contribution in [0, 0.1) is 12.7 Å². The molecule has 7 heteroatoms. The van der Waals surface area contributed by atoms with E-state index < -0.39 is 17.2 Å². The first-order valence-corrected chi connectivity index (χ1v) is 6.39. The van der Waals surface area contributed by atoms with Crippen molar-refractivity contribution in [1.82, 2.24) is 4.98 Å². The molecule has 0 radical (unpaired) electrons. The Bertz CT molecular complexity index is 786. The monoisotopic (exact) mass is 305 g/mol. The Balaban J connectivity index is 2.27. The van der Waals surface area contributed by atoms with Gasteiger partial charge in [-0.1, -0.05) is 12.2 Å². The minimum Gasteiger partial charge on any atom is -0.389 e. The fourth-order valence-corrected chi connectivity index (χ4v) is 1.84. The molecule has 0 aliphatic carbocycles. The zero-order valence-corrected chi connectivity index (χ0v) is 11.9. The summed E-state index contributed by atoms with van der Waals surface area (Å²) in [6.45, 7) is 1.69. The van der Waals surface area contributed by atoms with Gasteiger partial charge in [0.05, 0.1) is 5.69 Å². The molecule has 0 aliphatic heterocycles. The number of hydrogen-bond acceptors (Lipinski definition) is 3. The van der Waals surface area contributed by atoms with Crippen LogP contribution >= 0.6 is 12.2 Å². The van der Waals surface area contributed by atoms with Crippen LogP contribution in [0.3, 0.4) is 0 Å². The summed E-state index contributed by atoms with van der Waals surface area (Å²) in [7, 11) is 0. The van der Waals surface area contributed by atoms with Gasteiger partial charge in [-0.05, 0) is 25.1 Å². The zero-order valence-electron chi connectivity index (χ0n) is 11.1. The van der Waals surface area contributed by atoms with E-state index >= 15 is 0 Å². The molecule has 0 atom stereocenters. The van der Waals surface area contributed by atoms with E-state index in [1.165, 1.54) is 24.4 Å². The maximum atomic E-state index is 13.8. The van der Waals surface area contributed by atoms with Crippen molar-refractivity contribution in [3.8, 4) is 0 Å². The Hall–Kier alpha value is -2.54. The first-order chi connectivity index (χ1) is 9.88. The SMILES string of the molecule is Cc1cc(=O)c(C(=O)Nc2ccc(C(N)=S)cc2F)c[nH]1. The number of nitrogens with one attached hydrogen (secondary N) is 2. The van der Waals surface area contributed by atoms with Crippen molar-refractivity contribution >= 4 is 28.8 Å². The topological polar surface area (TPSA) is 88.0 Å². The number of H-pyrrole nitrogens is 1. The lowest BCUT2D eigenvalue weighted by atomic mass is 10.2. The summed E-state index contributed by atoms with van der Waals surface area (Å²) in [5.41, 5.74) is 5.78. The maximum absolute atomic E-state index is 13.8. The van der Waals surface area contributed by atoms with Crippen LogP contribution < -0.4 is 16.5 Å². The molecule has 21 heavy (non-hydrogen) atoms. The van der Waals surface area contributed by atoms with E-state index in [0.29, 0.717) is 11.3 Å². The van der Waals surface area contributed by atoms with Gasteiger partial charge in [-0.25, -0.2) is 4.39 Å². The van der Waals surface area contributed by atoms with Crippen LogP contribution in [0.1, 0.15) is 21.6 Å². The second kappa shape index (κ2) is 5.84. The summed E-state index contributed by atoms with van der Waals surface area (Å²) in [4.78, 5) is 26.5. The fraction of sp³-hybridized carbons (Fsp3) is 0.0714. The van der Waals surface area contributed by atoms with Gasteiger partial charge in [0.25, 0.3) is 5.91 Å². The van der Waals surface area contributed by atoms with Crippen molar-refractivity contribution in [3.63, 3.8) is 0 Å². The van der Waals surface area contributed by atoms with E-state index in [9.17, 15) is 14.0 Å². The zero-order chi connectivity index (χ0) is 15.6. The average molecular weight is 305 g/mol. The normalized spacial score (nSPS) is 10.2. The molecule has 0 aliphatic rings. The second-order valence-electron chi connectivity index (χ2n) is 4.41. The summed E-state index contributed by atoms with van der Waals surface area (Å²) in [6, 6.07) is 5.24. The predicted molar refractivity (Wildman–Crippen MR) is 82.0 cm³/mol. The maximum Gasteiger partial charge on any atom is 0.261 e. The molecular formula is C14H12FN3O2S. The largest absolute Gasteiger partial charge is 0.389 e. The van der Waals surface area contributed by atoms with E-state index in [1.54, 1.807) is 6.92 Å². The number of aryl methyl sites for hydroxylation is 1. The van der Waals surface area contributed by atoms with Crippen LogP contribution in [-0.2, 0) is 0 Å². The molecule has 1 aromatic heterocycles. The first kappa shape index (κ1) is 14.9. The van der Waals surface area contributed by atoms with Gasteiger partial charge >= 0.3 is 0 Å². The van der Waals surface area contributed by atoms with Gasteiger partial charge in [-0.2, -0.15) is 0 Å². The Morgan fingerprint density at radius 2 is 2.10 bits per heavy atom. The minimum absolute atomic E-state index is 0.0556. The third kappa shape index (κ3) is 3.32. The van der Waals surface area contributed by atoms with Crippen LogP contribution in [-0.4, -0.2) is 15.9 Å². The first-order valence-electron chi connectivity index (χ1n) is 5.98. The van der Waals surface area contributed by atoms with Gasteiger partial charge in [0.2, 0.25) is 0 Å². The summed E-state index contributed by atoms with van der Waals surface area (Å²) in [5, 5.41) is 2.33. The van der Waals surface area contributed by atoms with E-state index in [1.807, 2.05) is 0 Å². The Kier molecular flexibility index (Phi) is 4.13. The number of rotatable bonds is 3. The van der Waals surface area contributed by atoms with Gasteiger partial charge in [-0.15, -0.1) is 0 Å². The van der Waals surface area contributed by atoms with Crippen LogP contribution in [0.4, 0.5) is 10.1 Å². The van der Waals surface area contributed by atoms with Crippen LogP contribution in [0.2, 0.25) is 0 Å². The number of aromatic nitrogens is 1. The van der Waals surface area contributed by atoms with Crippen molar-refractivity contribution in [3.05, 3.63) is 63.3 Å². The Morgan fingerprint density at radius 3 is 2.67 bits per heavy atom. The number of nitrogens with two attached hydrogens (primary N) is 1. The molecule has 0 saturated heterocycles. The number of carbonyl (C=O) groups excluding carboxylic acids is 1. The minimum atomic E-state index is -0.696. The third-order valence-corrected chi connectivity index (χ3v) is 3.04. The van der Waals surface area contributed by atoms with E-state index in [-0.39, 0.29) is 16.2 Å². The van der Waals surface area contributed by atoms with Gasteiger partial charge < -0.3 is 16.0 Å². The van der Waals surface area contributed by atoms with Gasteiger partial charge in [-0.3, -0.25) is 9.59 Å². The molecule has 108 valence electrons. The highest BCUT2D eigenvalue weighted by Gasteiger charge is 2.13. The number of aromatic amines is 1. The fourth-order valence-electron chi connectivity index (χ4n) is 1.71. The molecule has 0 saturated carbocycles. The molecule has 2 aromatic rings. The van der Waals surface area contributed by atoms with Crippen molar-refractivity contribution in [1.29, 1.82) is 0 Å². The average Bonchev–Trinajstić information content (AvgIpc) is 2.40. The van der Waals surface area contributed by atoms with E-state index in [4.69, 9.17) is 18.0 Å². The van der Waals surface area contributed by atoms with E-state index in [2.05, 4.69) is 10.3 Å². The predicted octanol–water partition coefficient (Wildman–Crippen LogP) is 1.71. The highest BCUT2D eigenvalue weighted by atomic mass is 32.1. The van der Waals surface area contributed by atoms with Crippen LogP contribution in [0.5, 0.6) is 0 Å². The number of pyridine rings is 1. The number of benzene rings is 1. The number of halogens is 1. The molecule has 2 rings (SSSR count). The number of thiocarbonyl (C=S) groups is 1. The standard InChI is InChI=1S/C14H12FN3O2S/c1-7-4-12(19)9(6-17-7)14(20)18-11-3-2-8(13(16)21)5-10(11)15/h2-6H,1H3,(H2,16,21)(H,17,19)(H,18,20). The molecule has 1 amide bonds. The third-order valence-electron chi connectivity index (χ3n) is 2.80. The quantitative estimate of drug-likeness (QED) is 0.753. The summed E-state index contributed by atoms with van der Waals surface area (Å²) < 4.78 is 13.8. The lowest BCUT2D eigenvalue weighted by molar-refractivity contribution is 0.102. The van der Waals surface area contributed by atoms with E-state index in [0.717, 1.165) is 6.07 Å². The number of hydrogen-bond donors (Lipinski definition) is 3. The van der Waals surface area contributed by atoms with Crippen molar-refractivity contribution < 1.29 is 9.18 Å². The van der Waals surface area contributed by atoms with Crippen molar-refractivity contribution in [2.24, 2.45) is 5.73 Å². The van der Waals surface area contributed by atoms with Gasteiger partial charge in [0, 0.05) is 23.5 Å². The molecule has 5 nitrogen and oxygen atoms in total. The number of anilines is 1. The molecule has 1 heterocycles. The highest BCUT2D eigenvalue weighted by Crippen LogP contribution is 2.16. The Labute approximate surface area is 125 Å². The lowest BCUT2D eigenvalue weighted by Crippen LogP contribution is -2.22. The highest BCUT2D eigenvalue weighted by molar-refractivity contribution is 7.80. The number of amides is 1. The van der Waals surface area contributed by atoms with Crippen molar-refractivity contribution in [2.45, 2.75) is 6.92 Å². The molecule has 0 unspecified atom stereocenters. The summed E-state index contributed by atoms with van der Waals surface area (Å²) in [6.07, 6.45) is 1.29. The number of carbonyl (C=O) groups is 1. The molecule has 4 N–H and O–H groups in total. The van der Waals surface area contributed by atoms with Crippen LogP contribution in [0.15, 0.2) is 35.3 Å². The molecule has 0 fully saturated rings. The van der Waals surface area contributed by atoms with Gasteiger partial charge in [0.1, 0.15) is 16.4 Å².